The number of Topliss-reactive ketones (excluding diaryl/α,β-unsaturated/α-hetero) is 1. The number of carbonyl (C=O) groups excluding carboxylic acids is 2. The Hall–Kier alpha value is -1.75. The van der Waals surface area contributed by atoms with Crippen LogP contribution in [0.5, 0.6) is 0 Å². The highest BCUT2D eigenvalue weighted by Gasteiger charge is 2.32. The maximum absolute atomic E-state index is 12.3. The molecular weight excluding hydrogens is 388 g/mol. The third-order valence-electron chi connectivity index (χ3n) is 6.09. The summed E-state index contributed by atoms with van der Waals surface area (Å²) in [6.07, 6.45) is 4.25. The van der Waals surface area contributed by atoms with Crippen LogP contribution in [0.25, 0.3) is 0 Å². The summed E-state index contributed by atoms with van der Waals surface area (Å²) in [5, 5.41) is 0.534. The van der Waals surface area contributed by atoms with Crippen LogP contribution in [0.2, 0.25) is 5.02 Å². The Kier molecular flexibility index (Phi) is 6.77. The highest BCUT2D eigenvalue weighted by atomic mass is 35.5. The monoisotopic (exact) mass is 420 g/mol. The van der Waals surface area contributed by atoms with Crippen molar-refractivity contribution in [3.63, 3.8) is 0 Å². The van der Waals surface area contributed by atoms with Gasteiger partial charge in [0, 0.05) is 37.4 Å². The lowest BCUT2D eigenvalue weighted by Gasteiger charge is -2.41. The van der Waals surface area contributed by atoms with Crippen molar-refractivity contribution in [3.8, 4) is 0 Å². The smallest absolute Gasteiger partial charge is 0.410 e. The Morgan fingerprint density at radius 1 is 1.00 bits per heavy atom. The fourth-order valence-corrected chi connectivity index (χ4v) is 4.80. The summed E-state index contributed by atoms with van der Waals surface area (Å²) in [5.41, 5.74) is 1.24. The van der Waals surface area contributed by atoms with Gasteiger partial charge in [0.1, 0.15) is 5.60 Å². The number of rotatable bonds is 3. The van der Waals surface area contributed by atoms with Crippen molar-refractivity contribution in [2.45, 2.75) is 59.0 Å². The van der Waals surface area contributed by atoms with Crippen LogP contribution in [-0.4, -0.2) is 48.6 Å². The standard InChI is InChI=1S/C23H33ClN2O3/c1-16(27)20-6-5-19(15-21(20)24)25-11-7-17(8-12-25)18-9-13-26(14-10-18)22(28)29-23(2,3)4/h5-6,15,17-18H,7-14H2,1-4H3. The maximum Gasteiger partial charge on any atom is 0.410 e. The summed E-state index contributed by atoms with van der Waals surface area (Å²) in [7, 11) is 0. The molecule has 0 atom stereocenters. The highest BCUT2D eigenvalue weighted by Crippen LogP contribution is 2.35. The number of nitrogens with zero attached hydrogens (tertiary/aromatic N) is 2. The van der Waals surface area contributed by atoms with E-state index in [1.165, 1.54) is 0 Å². The topological polar surface area (TPSA) is 49.9 Å². The molecule has 2 heterocycles. The van der Waals surface area contributed by atoms with E-state index in [-0.39, 0.29) is 11.9 Å². The first kappa shape index (κ1) is 21.9. The molecule has 2 aliphatic heterocycles. The summed E-state index contributed by atoms with van der Waals surface area (Å²) in [5.74, 6) is 1.39. The van der Waals surface area contributed by atoms with Crippen LogP contribution >= 0.6 is 11.6 Å². The van der Waals surface area contributed by atoms with E-state index >= 15 is 0 Å². The fraction of sp³-hybridized carbons (Fsp3) is 0.652. The van der Waals surface area contributed by atoms with E-state index in [1.807, 2.05) is 43.9 Å². The number of benzene rings is 1. The molecule has 29 heavy (non-hydrogen) atoms. The van der Waals surface area contributed by atoms with Crippen molar-refractivity contribution in [1.82, 2.24) is 4.90 Å². The van der Waals surface area contributed by atoms with Gasteiger partial charge in [-0.3, -0.25) is 4.79 Å². The molecule has 1 aromatic rings. The number of halogens is 1. The van der Waals surface area contributed by atoms with E-state index in [1.54, 1.807) is 6.92 Å². The van der Waals surface area contributed by atoms with Crippen LogP contribution in [0.4, 0.5) is 10.5 Å². The van der Waals surface area contributed by atoms with Crippen molar-refractivity contribution in [3.05, 3.63) is 28.8 Å². The molecule has 0 bridgehead atoms. The number of likely N-dealkylation sites (tertiary alicyclic amines) is 1. The van der Waals surface area contributed by atoms with Gasteiger partial charge in [-0.1, -0.05) is 11.6 Å². The Morgan fingerprint density at radius 2 is 1.55 bits per heavy atom. The Bertz CT molecular complexity index is 743. The molecule has 2 fully saturated rings. The number of piperidine rings is 2. The van der Waals surface area contributed by atoms with Crippen LogP contribution in [-0.2, 0) is 4.74 Å². The molecule has 0 saturated carbocycles. The third kappa shape index (κ3) is 5.65. The molecule has 0 unspecified atom stereocenters. The zero-order valence-corrected chi connectivity index (χ0v) is 18.8. The van der Waals surface area contributed by atoms with Crippen LogP contribution in [0.1, 0.15) is 63.7 Å². The first-order valence-electron chi connectivity index (χ1n) is 10.7. The van der Waals surface area contributed by atoms with Crippen molar-refractivity contribution >= 4 is 29.2 Å². The van der Waals surface area contributed by atoms with Crippen LogP contribution < -0.4 is 4.90 Å². The molecule has 160 valence electrons. The molecule has 1 amide bonds. The molecule has 3 rings (SSSR count). The molecule has 0 aliphatic carbocycles. The average Bonchev–Trinajstić information content (AvgIpc) is 2.66. The van der Waals surface area contributed by atoms with Crippen LogP contribution in [0, 0.1) is 11.8 Å². The molecule has 2 aliphatic rings. The van der Waals surface area contributed by atoms with Gasteiger partial charge in [-0.2, -0.15) is 0 Å². The van der Waals surface area contributed by atoms with Crippen LogP contribution in [0.15, 0.2) is 18.2 Å². The lowest BCUT2D eigenvalue weighted by molar-refractivity contribution is 0.0152. The van der Waals surface area contributed by atoms with Crippen LogP contribution in [0.3, 0.4) is 0 Å². The van der Waals surface area contributed by atoms with E-state index < -0.39 is 5.60 Å². The van der Waals surface area contributed by atoms with Gasteiger partial charge in [0.25, 0.3) is 0 Å². The van der Waals surface area contributed by atoms with Crippen molar-refractivity contribution in [2.24, 2.45) is 11.8 Å². The van der Waals surface area contributed by atoms with Gasteiger partial charge < -0.3 is 14.5 Å². The van der Waals surface area contributed by atoms with E-state index in [0.29, 0.717) is 22.4 Å². The molecular formula is C23H33ClN2O3. The number of hydrogen-bond acceptors (Lipinski definition) is 4. The second-order valence-electron chi connectivity index (χ2n) is 9.35. The molecule has 0 spiro atoms. The van der Waals surface area contributed by atoms with Gasteiger partial charge in [-0.05, 0) is 83.4 Å². The lowest BCUT2D eigenvalue weighted by Crippen LogP contribution is -2.44. The zero-order valence-electron chi connectivity index (χ0n) is 18.0. The molecule has 6 heteroatoms. The number of hydrogen-bond donors (Lipinski definition) is 0. The van der Waals surface area contributed by atoms with E-state index in [9.17, 15) is 9.59 Å². The Morgan fingerprint density at radius 3 is 2.03 bits per heavy atom. The van der Waals surface area contributed by atoms with Gasteiger partial charge in [-0.15, -0.1) is 0 Å². The summed E-state index contributed by atoms with van der Waals surface area (Å²) >= 11 is 6.28. The number of anilines is 1. The second-order valence-corrected chi connectivity index (χ2v) is 9.76. The molecule has 0 radical (unpaired) electrons. The number of amides is 1. The SMILES string of the molecule is CC(=O)c1ccc(N2CCC(C3CCN(C(=O)OC(C)(C)C)CC3)CC2)cc1Cl. The minimum atomic E-state index is -0.438. The van der Waals surface area contributed by atoms with Gasteiger partial charge >= 0.3 is 6.09 Å². The van der Waals surface area contributed by atoms with Gasteiger partial charge in [0.05, 0.1) is 5.02 Å². The normalized spacial score (nSPS) is 19.3. The number of carbonyl (C=O) groups is 2. The van der Waals surface area contributed by atoms with Gasteiger partial charge in [0.15, 0.2) is 5.78 Å². The minimum Gasteiger partial charge on any atom is -0.444 e. The molecule has 2 saturated heterocycles. The van der Waals surface area contributed by atoms with E-state index in [2.05, 4.69) is 4.90 Å². The number of ketones is 1. The highest BCUT2D eigenvalue weighted by molar-refractivity contribution is 6.34. The minimum absolute atomic E-state index is 0.00187. The zero-order chi connectivity index (χ0) is 21.2. The summed E-state index contributed by atoms with van der Waals surface area (Å²) in [6, 6.07) is 5.75. The van der Waals surface area contributed by atoms with Gasteiger partial charge in [-0.25, -0.2) is 4.79 Å². The quantitative estimate of drug-likeness (QED) is 0.613. The van der Waals surface area contributed by atoms with Crippen molar-refractivity contribution in [1.29, 1.82) is 0 Å². The predicted molar refractivity (Wildman–Crippen MR) is 117 cm³/mol. The maximum atomic E-state index is 12.3. The molecule has 5 nitrogen and oxygen atoms in total. The molecule has 0 N–H and O–H groups in total. The first-order chi connectivity index (χ1) is 13.6. The van der Waals surface area contributed by atoms with E-state index in [0.717, 1.165) is 57.5 Å². The van der Waals surface area contributed by atoms with Gasteiger partial charge in [0.2, 0.25) is 0 Å². The number of ether oxygens (including phenoxy) is 1. The summed E-state index contributed by atoms with van der Waals surface area (Å²) in [4.78, 5) is 28.0. The Balaban J connectivity index is 1.49. The molecule has 0 aromatic heterocycles. The summed E-state index contributed by atoms with van der Waals surface area (Å²) < 4.78 is 5.50. The van der Waals surface area contributed by atoms with E-state index in [4.69, 9.17) is 16.3 Å². The predicted octanol–water partition coefficient (Wildman–Crippen LogP) is 5.41. The lowest BCUT2D eigenvalue weighted by atomic mass is 9.79. The third-order valence-corrected chi connectivity index (χ3v) is 6.41. The first-order valence-corrected chi connectivity index (χ1v) is 11.0. The molecule has 1 aromatic carbocycles. The van der Waals surface area contributed by atoms with Crippen molar-refractivity contribution in [2.75, 3.05) is 31.1 Å². The summed E-state index contributed by atoms with van der Waals surface area (Å²) in [6.45, 7) is 10.9. The largest absolute Gasteiger partial charge is 0.444 e. The Labute approximate surface area is 179 Å². The fourth-order valence-electron chi connectivity index (χ4n) is 4.50. The van der Waals surface area contributed by atoms with Crippen molar-refractivity contribution < 1.29 is 14.3 Å². The second kappa shape index (κ2) is 8.95. The average molecular weight is 421 g/mol.